The average Bonchev–Trinajstić information content (AvgIpc) is 2.36. The molecule has 1 saturated heterocycles. The standard InChI is InChI=1S/C6H9F3O2S/c7-6(8,9)4-12-3-5-10-1-2-11-5/h5H,1-4H2. The zero-order chi connectivity index (χ0) is 9.03. The minimum absolute atomic E-state index is 0.250. The minimum atomic E-state index is -4.09. The first-order chi connectivity index (χ1) is 5.58. The Morgan fingerprint density at radius 2 is 1.83 bits per heavy atom. The van der Waals surface area contributed by atoms with Gasteiger partial charge in [-0.25, -0.2) is 0 Å². The topological polar surface area (TPSA) is 18.5 Å². The first-order valence-corrected chi connectivity index (χ1v) is 4.61. The van der Waals surface area contributed by atoms with E-state index in [1.54, 1.807) is 0 Å². The summed E-state index contributed by atoms with van der Waals surface area (Å²) in [6, 6.07) is 0. The number of halogens is 3. The molecule has 0 saturated carbocycles. The third kappa shape index (κ3) is 4.18. The second-order valence-corrected chi connectivity index (χ2v) is 3.33. The van der Waals surface area contributed by atoms with Crippen LogP contribution in [-0.4, -0.2) is 37.2 Å². The third-order valence-corrected chi connectivity index (χ3v) is 2.25. The number of alkyl halides is 3. The maximum absolute atomic E-state index is 11.6. The lowest BCUT2D eigenvalue weighted by Crippen LogP contribution is -2.16. The lowest BCUT2D eigenvalue weighted by molar-refractivity contribution is -0.105. The molecule has 0 unspecified atom stereocenters. The van der Waals surface area contributed by atoms with Crippen molar-refractivity contribution in [3.05, 3.63) is 0 Å². The van der Waals surface area contributed by atoms with E-state index in [1.807, 2.05) is 0 Å². The fourth-order valence-electron chi connectivity index (χ4n) is 0.774. The van der Waals surface area contributed by atoms with Crippen LogP contribution in [0.25, 0.3) is 0 Å². The molecule has 1 aliphatic heterocycles. The maximum atomic E-state index is 11.6. The summed E-state index contributed by atoms with van der Waals surface area (Å²) in [5.41, 5.74) is 0. The van der Waals surface area contributed by atoms with E-state index >= 15 is 0 Å². The van der Waals surface area contributed by atoms with Gasteiger partial charge in [0, 0.05) is 5.75 Å². The molecule has 0 aromatic heterocycles. The van der Waals surface area contributed by atoms with Crippen molar-refractivity contribution < 1.29 is 22.6 Å². The van der Waals surface area contributed by atoms with E-state index in [0.717, 1.165) is 11.8 Å². The van der Waals surface area contributed by atoms with Crippen LogP contribution >= 0.6 is 11.8 Å². The Labute approximate surface area is 72.4 Å². The summed E-state index contributed by atoms with van der Waals surface area (Å²) in [6.45, 7) is 0.967. The number of hydrogen-bond acceptors (Lipinski definition) is 3. The van der Waals surface area contributed by atoms with Crippen molar-refractivity contribution in [3.63, 3.8) is 0 Å². The minimum Gasteiger partial charge on any atom is -0.349 e. The Hall–Kier alpha value is 0.0600. The largest absolute Gasteiger partial charge is 0.397 e. The van der Waals surface area contributed by atoms with Crippen molar-refractivity contribution in [1.29, 1.82) is 0 Å². The fourth-order valence-corrected chi connectivity index (χ4v) is 1.51. The van der Waals surface area contributed by atoms with Gasteiger partial charge in [0.2, 0.25) is 0 Å². The van der Waals surface area contributed by atoms with Gasteiger partial charge >= 0.3 is 6.18 Å². The van der Waals surface area contributed by atoms with Gasteiger partial charge in [-0.05, 0) is 0 Å². The predicted octanol–water partition coefficient (Wildman–Crippen LogP) is 1.65. The summed E-state index contributed by atoms with van der Waals surface area (Å²) >= 11 is 0.782. The Kier molecular flexibility index (Phi) is 3.67. The SMILES string of the molecule is FC(F)(F)CSCC1OCCO1. The fraction of sp³-hybridized carbons (Fsp3) is 1.00. The van der Waals surface area contributed by atoms with E-state index in [9.17, 15) is 13.2 Å². The van der Waals surface area contributed by atoms with Crippen LogP contribution in [-0.2, 0) is 9.47 Å². The van der Waals surface area contributed by atoms with Gasteiger partial charge in [-0.15, -0.1) is 11.8 Å². The normalized spacial score (nSPS) is 20.2. The second kappa shape index (κ2) is 4.34. The third-order valence-electron chi connectivity index (χ3n) is 1.21. The maximum Gasteiger partial charge on any atom is 0.397 e. The lowest BCUT2D eigenvalue weighted by atomic mass is 10.8. The van der Waals surface area contributed by atoms with Crippen molar-refractivity contribution in [2.24, 2.45) is 0 Å². The highest BCUT2D eigenvalue weighted by Crippen LogP contribution is 2.22. The Morgan fingerprint density at radius 1 is 1.25 bits per heavy atom. The van der Waals surface area contributed by atoms with Gasteiger partial charge in [0.1, 0.15) is 0 Å². The van der Waals surface area contributed by atoms with Gasteiger partial charge in [0.25, 0.3) is 0 Å². The lowest BCUT2D eigenvalue weighted by Gasteiger charge is -2.09. The van der Waals surface area contributed by atoms with Crippen molar-refractivity contribution in [2.45, 2.75) is 12.5 Å². The molecule has 12 heavy (non-hydrogen) atoms. The van der Waals surface area contributed by atoms with Crippen molar-refractivity contribution in [3.8, 4) is 0 Å². The molecule has 72 valence electrons. The summed E-state index contributed by atoms with van der Waals surface area (Å²) in [5.74, 6) is -0.588. The highest BCUT2D eigenvalue weighted by molar-refractivity contribution is 7.99. The van der Waals surface area contributed by atoms with Crippen molar-refractivity contribution in [1.82, 2.24) is 0 Å². The molecule has 0 amide bonds. The summed E-state index contributed by atoms with van der Waals surface area (Å²) < 4.78 is 44.8. The van der Waals surface area contributed by atoms with Crippen LogP contribution in [0.2, 0.25) is 0 Å². The van der Waals surface area contributed by atoms with Crippen LogP contribution < -0.4 is 0 Å². The van der Waals surface area contributed by atoms with Gasteiger partial charge in [-0.1, -0.05) is 0 Å². The van der Waals surface area contributed by atoms with E-state index in [4.69, 9.17) is 9.47 Å². The molecule has 1 aliphatic rings. The summed E-state index contributed by atoms with van der Waals surface area (Å²) in [5, 5.41) is 0. The predicted molar refractivity (Wildman–Crippen MR) is 39.1 cm³/mol. The quantitative estimate of drug-likeness (QED) is 0.693. The molecule has 0 radical (unpaired) electrons. The van der Waals surface area contributed by atoms with Crippen LogP contribution in [0.15, 0.2) is 0 Å². The number of thioether (sulfide) groups is 1. The Morgan fingerprint density at radius 3 is 2.33 bits per heavy atom. The number of ether oxygens (including phenoxy) is 2. The molecule has 1 heterocycles. The van der Waals surface area contributed by atoms with Crippen LogP contribution in [0.3, 0.4) is 0 Å². The van der Waals surface area contributed by atoms with Crippen LogP contribution in [0.1, 0.15) is 0 Å². The van der Waals surface area contributed by atoms with Crippen LogP contribution in [0, 0.1) is 0 Å². The molecule has 1 rings (SSSR count). The molecule has 0 aromatic rings. The van der Waals surface area contributed by atoms with Gasteiger partial charge in [0.15, 0.2) is 6.29 Å². The first kappa shape index (κ1) is 10.1. The molecule has 0 atom stereocenters. The summed E-state index contributed by atoms with van der Waals surface area (Å²) in [6.07, 6.45) is -4.54. The molecule has 6 heteroatoms. The highest BCUT2D eigenvalue weighted by Gasteiger charge is 2.28. The first-order valence-electron chi connectivity index (χ1n) is 3.45. The van der Waals surface area contributed by atoms with E-state index in [2.05, 4.69) is 0 Å². The van der Waals surface area contributed by atoms with Crippen molar-refractivity contribution in [2.75, 3.05) is 24.7 Å². The molecule has 2 nitrogen and oxygen atoms in total. The zero-order valence-corrected chi connectivity index (χ0v) is 7.08. The monoisotopic (exact) mass is 202 g/mol. The summed E-state index contributed by atoms with van der Waals surface area (Å²) in [4.78, 5) is 0. The van der Waals surface area contributed by atoms with Gasteiger partial charge in [-0.2, -0.15) is 13.2 Å². The highest BCUT2D eigenvalue weighted by atomic mass is 32.2. The van der Waals surface area contributed by atoms with E-state index in [1.165, 1.54) is 0 Å². The van der Waals surface area contributed by atoms with E-state index in [-0.39, 0.29) is 5.75 Å². The van der Waals surface area contributed by atoms with E-state index < -0.39 is 18.2 Å². The molecular formula is C6H9F3O2S. The summed E-state index contributed by atoms with van der Waals surface area (Å²) in [7, 11) is 0. The molecule has 0 bridgehead atoms. The molecule has 0 spiro atoms. The second-order valence-electron chi connectivity index (χ2n) is 2.30. The number of rotatable bonds is 3. The van der Waals surface area contributed by atoms with Crippen LogP contribution in [0.4, 0.5) is 13.2 Å². The Balaban J connectivity index is 2.02. The van der Waals surface area contributed by atoms with Gasteiger partial charge in [-0.3, -0.25) is 0 Å². The van der Waals surface area contributed by atoms with Gasteiger partial charge < -0.3 is 9.47 Å². The molecule has 0 N–H and O–H groups in total. The zero-order valence-electron chi connectivity index (χ0n) is 6.26. The number of hydrogen-bond donors (Lipinski definition) is 0. The molecule has 0 aliphatic carbocycles. The van der Waals surface area contributed by atoms with Crippen molar-refractivity contribution >= 4 is 11.8 Å². The Bertz CT molecular complexity index is 133. The smallest absolute Gasteiger partial charge is 0.349 e. The van der Waals surface area contributed by atoms with Crippen LogP contribution in [0.5, 0.6) is 0 Å². The van der Waals surface area contributed by atoms with E-state index in [0.29, 0.717) is 13.2 Å². The van der Waals surface area contributed by atoms with Gasteiger partial charge in [0.05, 0.1) is 19.0 Å². The average molecular weight is 202 g/mol. The molecular weight excluding hydrogens is 193 g/mol. The molecule has 0 aromatic carbocycles. The molecule has 1 fully saturated rings.